The number of likely N-dealkylation sites (N-methyl/N-ethyl adjacent to an activating group) is 1. The van der Waals surface area contributed by atoms with Gasteiger partial charge in [-0.05, 0) is 75.8 Å². The number of amides is 3. The Morgan fingerprint density at radius 3 is 2.44 bits per heavy atom. The van der Waals surface area contributed by atoms with Crippen LogP contribution in [0.5, 0.6) is 5.75 Å². The van der Waals surface area contributed by atoms with Crippen LogP contribution in [-0.4, -0.2) is 54.0 Å². The zero-order valence-electron chi connectivity index (χ0n) is 22.9. The van der Waals surface area contributed by atoms with Gasteiger partial charge in [-0.1, -0.05) is 31.5 Å². The Morgan fingerprint density at radius 1 is 1.08 bits per heavy atom. The van der Waals surface area contributed by atoms with Crippen LogP contribution in [0.25, 0.3) is 11.6 Å². The van der Waals surface area contributed by atoms with Crippen LogP contribution in [-0.2, 0) is 4.79 Å². The summed E-state index contributed by atoms with van der Waals surface area (Å²) in [6.45, 7) is 12.7. The van der Waals surface area contributed by atoms with Crippen LogP contribution in [0.2, 0.25) is 0 Å². The second-order valence-corrected chi connectivity index (χ2v) is 9.49. The Morgan fingerprint density at radius 2 is 1.77 bits per heavy atom. The van der Waals surface area contributed by atoms with Gasteiger partial charge in [0.05, 0.1) is 16.8 Å². The van der Waals surface area contributed by atoms with Crippen molar-refractivity contribution in [2.45, 2.75) is 34.6 Å². The molecular formula is C30H33FN4O4. The third kappa shape index (κ3) is 5.78. The fraction of sp³-hybridized carbons (Fsp3) is 0.300. The number of halogens is 1. The van der Waals surface area contributed by atoms with Gasteiger partial charge in [0.2, 0.25) is 0 Å². The lowest BCUT2D eigenvalue weighted by atomic mass is 10.0. The van der Waals surface area contributed by atoms with Gasteiger partial charge in [0.15, 0.2) is 0 Å². The van der Waals surface area contributed by atoms with Crippen LogP contribution in [0.4, 0.5) is 14.9 Å². The topological polar surface area (TPSA) is 94.7 Å². The number of nitrogens with one attached hydrogen (secondary N) is 2. The standard InChI is InChI=1S/C30H33FN4O4/c1-6-34(7-2)15-14-32-28(36)27-19(4)25(33-20(27)5)17-24-23-16-21(31)10-13-26(23)35(29(24)37)30(38)39-22-11-8-18(3)9-12-22/h8-13,16-17,33H,6-7,14-15H2,1-5H3,(H,32,36)/b24-17-. The molecule has 1 aliphatic heterocycles. The number of imide groups is 1. The van der Waals surface area contributed by atoms with E-state index in [2.05, 4.69) is 29.0 Å². The van der Waals surface area contributed by atoms with Gasteiger partial charge in [-0.2, -0.15) is 0 Å². The fourth-order valence-electron chi connectivity index (χ4n) is 4.70. The number of aryl methyl sites for hydroxylation is 2. The summed E-state index contributed by atoms with van der Waals surface area (Å²) in [5.41, 5.74) is 3.88. The number of carbonyl (C=O) groups is 3. The lowest BCUT2D eigenvalue weighted by molar-refractivity contribution is -0.112. The van der Waals surface area contributed by atoms with E-state index < -0.39 is 17.8 Å². The number of aromatic amines is 1. The van der Waals surface area contributed by atoms with Gasteiger partial charge in [-0.15, -0.1) is 0 Å². The summed E-state index contributed by atoms with van der Waals surface area (Å²) in [5.74, 6) is -1.13. The summed E-state index contributed by atoms with van der Waals surface area (Å²) in [5, 5.41) is 2.96. The summed E-state index contributed by atoms with van der Waals surface area (Å²) in [6.07, 6.45) is 0.655. The number of hydrogen-bond acceptors (Lipinski definition) is 5. The predicted molar refractivity (Wildman–Crippen MR) is 149 cm³/mol. The molecular weight excluding hydrogens is 499 g/mol. The number of fused-ring (bicyclic) bond motifs is 1. The molecule has 2 aromatic carbocycles. The highest BCUT2D eigenvalue weighted by Gasteiger charge is 2.38. The monoisotopic (exact) mass is 532 g/mol. The zero-order valence-corrected chi connectivity index (χ0v) is 22.9. The molecule has 0 radical (unpaired) electrons. The SMILES string of the molecule is CCN(CC)CCNC(=O)c1c(C)[nH]c(/C=C2\C(=O)N(C(=O)Oc3ccc(C)cc3)c3ccc(F)cc32)c1C. The molecule has 4 rings (SSSR count). The van der Waals surface area contributed by atoms with E-state index in [0.717, 1.165) is 30.1 Å². The highest BCUT2D eigenvalue weighted by molar-refractivity contribution is 6.41. The summed E-state index contributed by atoms with van der Waals surface area (Å²) < 4.78 is 19.7. The Hall–Kier alpha value is -4.24. The van der Waals surface area contributed by atoms with E-state index in [1.807, 2.05) is 6.92 Å². The smallest absolute Gasteiger partial charge is 0.410 e. The first-order valence-corrected chi connectivity index (χ1v) is 13.0. The summed E-state index contributed by atoms with van der Waals surface area (Å²) in [6, 6.07) is 10.6. The molecule has 0 fully saturated rings. The highest BCUT2D eigenvalue weighted by Crippen LogP contribution is 2.39. The Balaban J connectivity index is 1.63. The third-order valence-electron chi connectivity index (χ3n) is 6.93. The molecule has 9 heteroatoms. The molecule has 2 N–H and O–H groups in total. The van der Waals surface area contributed by atoms with E-state index >= 15 is 0 Å². The largest absolute Gasteiger partial charge is 0.426 e. The van der Waals surface area contributed by atoms with Crippen molar-refractivity contribution in [3.05, 3.63) is 81.9 Å². The van der Waals surface area contributed by atoms with Crippen LogP contribution in [0, 0.1) is 26.6 Å². The number of ether oxygens (including phenoxy) is 1. The Labute approximate surface area is 227 Å². The van der Waals surface area contributed by atoms with Crippen molar-refractivity contribution in [1.29, 1.82) is 0 Å². The molecule has 1 aliphatic rings. The van der Waals surface area contributed by atoms with E-state index in [0.29, 0.717) is 29.1 Å². The van der Waals surface area contributed by atoms with Crippen LogP contribution < -0.4 is 15.0 Å². The van der Waals surface area contributed by atoms with Crippen molar-refractivity contribution in [2.75, 3.05) is 31.1 Å². The van der Waals surface area contributed by atoms with Gasteiger partial charge >= 0.3 is 6.09 Å². The maximum absolute atomic E-state index is 14.3. The molecule has 204 valence electrons. The van der Waals surface area contributed by atoms with Gasteiger partial charge in [-0.3, -0.25) is 9.59 Å². The number of hydrogen-bond donors (Lipinski definition) is 2. The van der Waals surface area contributed by atoms with Crippen LogP contribution >= 0.6 is 0 Å². The van der Waals surface area contributed by atoms with Crippen molar-refractivity contribution < 1.29 is 23.5 Å². The molecule has 2 heterocycles. The zero-order chi connectivity index (χ0) is 28.3. The maximum atomic E-state index is 14.3. The minimum absolute atomic E-state index is 0.114. The Kier molecular flexibility index (Phi) is 8.30. The lowest BCUT2D eigenvalue weighted by Gasteiger charge is -2.18. The molecule has 0 bridgehead atoms. The van der Waals surface area contributed by atoms with E-state index in [9.17, 15) is 18.8 Å². The van der Waals surface area contributed by atoms with Crippen molar-refractivity contribution >= 4 is 35.2 Å². The summed E-state index contributed by atoms with van der Waals surface area (Å²) in [4.78, 5) is 45.8. The van der Waals surface area contributed by atoms with Gasteiger partial charge < -0.3 is 19.9 Å². The van der Waals surface area contributed by atoms with Crippen molar-refractivity contribution in [3.8, 4) is 5.75 Å². The maximum Gasteiger partial charge on any atom is 0.426 e. The molecule has 0 saturated carbocycles. The molecule has 3 aromatic rings. The predicted octanol–water partition coefficient (Wildman–Crippen LogP) is 5.24. The average molecular weight is 533 g/mol. The summed E-state index contributed by atoms with van der Waals surface area (Å²) >= 11 is 0. The molecule has 8 nitrogen and oxygen atoms in total. The van der Waals surface area contributed by atoms with Crippen molar-refractivity contribution in [3.63, 3.8) is 0 Å². The van der Waals surface area contributed by atoms with Gasteiger partial charge in [0.25, 0.3) is 11.8 Å². The quantitative estimate of drug-likeness (QED) is 0.387. The molecule has 0 saturated heterocycles. The molecule has 1 aromatic heterocycles. The number of benzene rings is 2. The second kappa shape index (κ2) is 11.7. The number of anilines is 1. The molecule has 0 aliphatic carbocycles. The van der Waals surface area contributed by atoms with Gasteiger partial charge in [-0.25, -0.2) is 14.1 Å². The van der Waals surface area contributed by atoms with Crippen LogP contribution in [0.3, 0.4) is 0 Å². The first-order chi connectivity index (χ1) is 18.6. The van der Waals surface area contributed by atoms with Crippen molar-refractivity contribution in [1.82, 2.24) is 15.2 Å². The molecule has 0 atom stereocenters. The number of nitrogens with zero attached hydrogens (tertiary/aromatic N) is 2. The number of carbonyl (C=O) groups excluding carboxylic acids is 3. The van der Waals surface area contributed by atoms with Crippen LogP contribution in [0.15, 0.2) is 42.5 Å². The fourth-order valence-corrected chi connectivity index (χ4v) is 4.70. The second-order valence-electron chi connectivity index (χ2n) is 9.49. The first kappa shape index (κ1) is 27.8. The highest BCUT2D eigenvalue weighted by atomic mass is 19.1. The van der Waals surface area contributed by atoms with E-state index in [1.54, 1.807) is 44.2 Å². The number of rotatable bonds is 8. The Bertz CT molecular complexity index is 1440. The summed E-state index contributed by atoms with van der Waals surface area (Å²) in [7, 11) is 0. The van der Waals surface area contributed by atoms with E-state index in [4.69, 9.17) is 4.74 Å². The first-order valence-electron chi connectivity index (χ1n) is 13.0. The van der Waals surface area contributed by atoms with Crippen molar-refractivity contribution in [2.24, 2.45) is 0 Å². The molecule has 39 heavy (non-hydrogen) atoms. The normalized spacial score (nSPS) is 13.8. The lowest BCUT2D eigenvalue weighted by Crippen LogP contribution is -2.35. The number of aromatic nitrogens is 1. The number of H-pyrrole nitrogens is 1. The third-order valence-corrected chi connectivity index (χ3v) is 6.93. The van der Waals surface area contributed by atoms with Gasteiger partial charge in [0, 0.05) is 30.0 Å². The van der Waals surface area contributed by atoms with E-state index in [-0.39, 0.29) is 28.5 Å². The van der Waals surface area contributed by atoms with Gasteiger partial charge in [0.1, 0.15) is 11.6 Å². The molecule has 0 spiro atoms. The minimum atomic E-state index is -0.896. The van der Waals surface area contributed by atoms with E-state index in [1.165, 1.54) is 18.2 Å². The minimum Gasteiger partial charge on any atom is -0.410 e. The molecule has 0 unspecified atom stereocenters. The average Bonchev–Trinajstić information content (AvgIpc) is 3.34. The van der Waals surface area contributed by atoms with Crippen LogP contribution in [0.1, 0.15) is 52.3 Å². The molecule has 3 amide bonds.